The van der Waals surface area contributed by atoms with Crippen LogP contribution in [0.25, 0.3) is 10.8 Å². The number of hydrogen-bond donors (Lipinski definition) is 1. The summed E-state index contributed by atoms with van der Waals surface area (Å²) in [7, 11) is 0. The molecular weight excluding hydrogens is 380 g/mol. The van der Waals surface area contributed by atoms with Gasteiger partial charge in [0.2, 0.25) is 0 Å². The molecule has 0 aliphatic carbocycles. The summed E-state index contributed by atoms with van der Waals surface area (Å²) in [6, 6.07) is 18.7. The largest absolute Gasteiger partial charge is 0.452 e. The van der Waals surface area contributed by atoms with Crippen molar-refractivity contribution in [3.63, 3.8) is 0 Å². The molecular formula is C22H19F2NO4. The fourth-order valence-corrected chi connectivity index (χ4v) is 3.03. The summed E-state index contributed by atoms with van der Waals surface area (Å²) in [5.74, 6) is -1.74. The van der Waals surface area contributed by atoms with Crippen LogP contribution >= 0.6 is 0 Å². The van der Waals surface area contributed by atoms with E-state index < -0.39 is 25.1 Å². The summed E-state index contributed by atoms with van der Waals surface area (Å²) >= 11 is 0. The Kier molecular flexibility index (Phi) is 6.39. The molecule has 0 radical (unpaired) electrons. The lowest BCUT2D eigenvalue weighted by molar-refractivity contribution is -0.124. The van der Waals surface area contributed by atoms with Crippen molar-refractivity contribution in [3.05, 3.63) is 77.9 Å². The second-order valence-electron chi connectivity index (χ2n) is 6.31. The van der Waals surface area contributed by atoms with Crippen molar-refractivity contribution < 1.29 is 27.8 Å². The fourth-order valence-electron chi connectivity index (χ4n) is 3.03. The summed E-state index contributed by atoms with van der Waals surface area (Å²) < 4.78 is 34.2. The average molecular weight is 399 g/mol. The van der Waals surface area contributed by atoms with Crippen LogP contribution < -0.4 is 10.1 Å². The highest BCUT2D eigenvalue weighted by Crippen LogP contribution is 2.24. The molecule has 0 aromatic heterocycles. The number of esters is 1. The molecule has 0 saturated heterocycles. The molecule has 7 heteroatoms. The SMILES string of the molecule is C[C@H](NC(=O)COC(=O)c1ccccc1OC(F)F)c1cccc2ccccc12. The minimum Gasteiger partial charge on any atom is -0.452 e. The van der Waals surface area contributed by atoms with Gasteiger partial charge in [0.25, 0.3) is 5.91 Å². The molecule has 0 heterocycles. The average Bonchev–Trinajstić information content (AvgIpc) is 2.71. The zero-order chi connectivity index (χ0) is 20.8. The van der Waals surface area contributed by atoms with Gasteiger partial charge in [0.15, 0.2) is 6.61 Å². The number of ether oxygens (including phenoxy) is 2. The lowest BCUT2D eigenvalue weighted by atomic mass is 10.00. The molecule has 0 aliphatic heterocycles. The minimum atomic E-state index is -3.08. The van der Waals surface area contributed by atoms with Gasteiger partial charge in [0.05, 0.1) is 6.04 Å². The van der Waals surface area contributed by atoms with Gasteiger partial charge >= 0.3 is 12.6 Å². The zero-order valence-electron chi connectivity index (χ0n) is 15.6. The zero-order valence-corrected chi connectivity index (χ0v) is 15.6. The number of para-hydroxylation sites is 1. The second kappa shape index (κ2) is 9.14. The van der Waals surface area contributed by atoms with E-state index in [2.05, 4.69) is 10.1 Å². The van der Waals surface area contributed by atoms with E-state index in [1.165, 1.54) is 24.3 Å². The molecule has 150 valence electrons. The first-order chi connectivity index (χ1) is 14.0. The van der Waals surface area contributed by atoms with Crippen molar-refractivity contribution >= 4 is 22.6 Å². The third kappa shape index (κ3) is 5.07. The molecule has 0 spiro atoms. The Labute approximate surface area is 166 Å². The molecule has 3 aromatic carbocycles. The van der Waals surface area contributed by atoms with Gasteiger partial charge in [-0.25, -0.2) is 4.79 Å². The number of halogens is 2. The maximum absolute atomic E-state index is 12.5. The lowest BCUT2D eigenvalue weighted by Gasteiger charge is -2.17. The molecule has 29 heavy (non-hydrogen) atoms. The smallest absolute Gasteiger partial charge is 0.387 e. The van der Waals surface area contributed by atoms with Crippen LogP contribution in [0.2, 0.25) is 0 Å². The van der Waals surface area contributed by atoms with E-state index in [1.807, 2.05) is 49.4 Å². The van der Waals surface area contributed by atoms with Crippen LogP contribution in [0, 0.1) is 0 Å². The number of fused-ring (bicyclic) bond motifs is 1. The molecule has 0 saturated carbocycles. The Morgan fingerprint density at radius 3 is 2.45 bits per heavy atom. The molecule has 0 aliphatic rings. The molecule has 3 rings (SSSR count). The van der Waals surface area contributed by atoms with Gasteiger partial charge in [-0.2, -0.15) is 8.78 Å². The van der Waals surface area contributed by atoms with E-state index >= 15 is 0 Å². The van der Waals surface area contributed by atoms with E-state index in [0.717, 1.165) is 16.3 Å². The predicted molar refractivity (Wildman–Crippen MR) is 104 cm³/mol. The van der Waals surface area contributed by atoms with Gasteiger partial charge in [-0.15, -0.1) is 0 Å². The van der Waals surface area contributed by atoms with Crippen molar-refractivity contribution in [1.82, 2.24) is 5.32 Å². The highest BCUT2D eigenvalue weighted by Gasteiger charge is 2.18. The van der Waals surface area contributed by atoms with Crippen molar-refractivity contribution in [2.75, 3.05) is 6.61 Å². The molecule has 0 fully saturated rings. The number of hydrogen-bond acceptors (Lipinski definition) is 4. The third-order valence-electron chi connectivity index (χ3n) is 4.32. The molecule has 1 N–H and O–H groups in total. The molecule has 3 aromatic rings. The Morgan fingerprint density at radius 2 is 1.66 bits per heavy atom. The monoisotopic (exact) mass is 399 g/mol. The molecule has 1 amide bonds. The Hall–Kier alpha value is -3.48. The van der Waals surface area contributed by atoms with Gasteiger partial charge < -0.3 is 14.8 Å². The lowest BCUT2D eigenvalue weighted by Crippen LogP contribution is -2.31. The summed E-state index contributed by atoms with van der Waals surface area (Å²) in [5.41, 5.74) is 0.751. The van der Waals surface area contributed by atoms with Crippen LogP contribution in [0.3, 0.4) is 0 Å². The van der Waals surface area contributed by atoms with E-state index in [9.17, 15) is 18.4 Å². The van der Waals surface area contributed by atoms with Crippen molar-refractivity contribution in [2.24, 2.45) is 0 Å². The number of benzene rings is 3. The number of carbonyl (C=O) groups excluding carboxylic acids is 2. The van der Waals surface area contributed by atoms with E-state index in [-0.39, 0.29) is 17.4 Å². The Balaban J connectivity index is 1.62. The summed E-state index contributed by atoms with van der Waals surface area (Å²) in [4.78, 5) is 24.4. The number of carbonyl (C=O) groups is 2. The van der Waals surface area contributed by atoms with Crippen LogP contribution in [0.4, 0.5) is 8.78 Å². The second-order valence-corrected chi connectivity index (χ2v) is 6.31. The maximum Gasteiger partial charge on any atom is 0.387 e. The van der Waals surface area contributed by atoms with Gasteiger partial charge in [0, 0.05) is 0 Å². The number of alkyl halides is 2. The summed E-state index contributed by atoms with van der Waals surface area (Å²) in [6.45, 7) is -1.79. The van der Waals surface area contributed by atoms with Crippen LogP contribution in [-0.2, 0) is 9.53 Å². The van der Waals surface area contributed by atoms with E-state index in [0.29, 0.717) is 0 Å². The van der Waals surface area contributed by atoms with Crippen molar-refractivity contribution in [1.29, 1.82) is 0 Å². The van der Waals surface area contributed by atoms with E-state index in [4.69, 9.17) is 4.74 Å². The molecule has 0 unspecified atom stereocenters. The van der Waals surface area contributed by atoms with Crippen LogP contribution in [0.1, 0.15) is 28.9 Å². The third-order valence-corrected chi connectivity index (χ3v) is 4.32. The van der Waals surface area contributed by atoms with E-state index in [1.54, 1.807) is 0 Å². The topological polar surface area (TPSA) is 64.6 Å². The molecule has 1 atom stereocenters. The number of nitrogens with one attached hydrogen (secondary N) is 1. The van der Waals surface area contributed by atoms with Crippen molar-refractivity contribution in [2.45, 2.75) is 19.6 Å². The first kappa shape index (κ1) is 20.3. The first-order valence-corrected chi connectivity index (χ1v) is 8.93. The van der Waals surface area contributed by atoms with Crippen LogP contribution in [0.15, 0.2) is 66.7 Å². The first-order valence-electron chi connectivity index (χ1n) is 8.93. The standard InChI is InChI=1S/C22H19F2NO4/c1-14(16-11-6-8-15-7-2-3-9-17(15)16)25-20(26)13-28-21(27)18-10-4-5-12-19(18)29-22(23)24/h2-12,14,22H,13H2,1H3,(H,25,26)/t14-/m0/s1. The Bertz CT molecular complexity index is 1020. The predicted octanol–water partition coefficient (Wildman–Crippen LogP) is 4.48. The molecule has 5 nitrogen and oxygen atoms in total. The highest BCUT2D eigenvalue weighted by molar-refractivity contribution is 5.94. The van der Waals surface area contributed by atoms with Crippen LogP contribution in [0.5, 0.6) is 5.75 Å². The Morgan fingerprint density at radius 1 is 0.966 bits per heavy atom. The van der Waals surface area contributed by atoms with Gasteiger partial charge in [-0.3, -0.25) is 4.79 Å². The van der Waals surface area contributed by atoms with Gasteiger partial charge in [-0.05, 0) is 35.4 Å². The van der Waals surface area contributed by atoms with Gasteiger partial charge in [-0.1, -0.05) is 54.6 Å². The molecule has 0 bridgehead atoms. The number of rotatable bonds is 7. The quantitative estimate of drug-likeness (QED) is 0.595. The minimum absolute atomic E-state index is 0.178. The van der Waals surface area contributed by atoms with Crippen LogP contribution in [-0.4, -0.2) is 25.1 Å². The number of amides is 1. The fraction of sp³-hybridized carbons (Fsp3) is 0.182. The van der Waals surface area contributed by atoms with Gasteiger partial charge in [0.1, 0.15) is 11.3 Å². The normalized spacial score (nSPS) is 11.9. The highest BCUT2D eigenvalue weighted by atomic mass is 19.3. The summed E-state index contributed by atoms with van der Waals surface area (Å²) in [6.07, 6.45) is 0. The van der Waals surface area contributed by atoms with Crippen molar-refractivity contribution in [3.8, 4) is 5.75 Å². The maximum atomic E-state index is 12.5. The summed E-state index contributed by atoms with van der Waals surface area (Å²) in [5, 5.41) is 4.84.